The maximum Gasteiger partial charge on any atom is 0.267 e. The van der Waals surface area contributed by atoms with Gasteiger partial charge in [-0.3, -0.25) is 14.6 Å². The molecule has 1 aromatic carbocycles. The van der Waals surface area contributed by atoms with Crippen LogP contribution in [0, 0.1) is 17.8 Å². The largest absolute Gasteiger partial charge is 0.350 e. The molecule has 2 aliphatic carbocycles. The first-order chi connectivity index (χ1) is 13.7. The first-order valence-electron chi connectivity index (χ1n) is 9.97. The lowest BCUT2D eigenvalue weighted by Crippen LogP contribution is -2.36. The normalized spacial score (nSPS) is 21.5. The van der Waals surface area contributed by atoms with Crippen molar-refractivity contribution in [2.45, 2.75) is 25.7 Å². The molecule has 2 amide bonds. The third-order valence-electron chi connectivity index (χ3n) is 5.78. The molecule has 0 bridgehead atoms. The van der Waals surface area contributed by atoms with Gasteiger partial charge in [-0.05, 0) is 54.0 Å². The smallest absolute Gasteiger partial charge is 0.267 e. The Kier molecular flexibility index (Phi) is 5.51. The van der Waals surface area contributed by atoms with Crippen molar-refractivity contribution in [3.63, 3.8) is 0 Å². The minimum Gasteiger partial charge on any atom is -0.350 e. The second kappa shape index (κ2) is 8.38. The summed E-state index contributed by atoms with van der Waals surface area (Å²) in [5.74, 6) is 1.67. The van der Waals surface area contributed by atoms with Gasteiger partial charge < -0.3 is 10.6 Å². The monoisotopic (exact) mass is 375 g/mol. The molecule has 2 saturated carbocycles. The number of carbonyl (C=O) groups excluding carboxylic acids is 2. The van der Waals surface area contributed by atoms with Crippen LogP contribution in [-0.2, 0) is 4.79 Å². The van der Waals surface area contributed by atoms with Gasteiger partial charge >= 0.3 is 0 Å². The number of nitrogens with one attached hydrogen (secondary N) is 2. The number of nitrogens with zero attached hydrogens (tertiary/aromatic N) is 1. The van der Waals surface area contributed by atoms with E-state index in [0.29, 0.717) is 18.0 Å². The molecule has 0 unspecified atom stereocenters. The van der Waals surface area contributed by atoms with Crippen LogP contribution in [0.1, 0.15) is 41.6 Å². The van der Waals surface area contributed by atoms with Crippen molar-refractivity contribution in [3.05, 3.63) is 71.7 Å². The lowest BCUT2D eigenvalue weighted by Gasteiger charge is -2.25. The van der Waals surface area contributed by atoms with Crippen LogP contribution < -0.4 is 10.6 Å². The Morgan fingerprint density at radius 3 is 2.61 bits per heavy atom. The van der Waals surface area contributed by atoms with E-state index in [1.54, 1.807) is 48.8 Å². The Morgan fingerprint density at radius 1 is 1.11 bits per heavy atom. The van der Waals surface area contributed by atoms with E-state index < -0.39 is 0 Å². The standard InChI is InChI=1S/C23H25N3O2/c27-22(18-7-2-1-3-8-18)26-21(12-16-6-5-11-24-14-16)23(28)25-15-19-13-20(19)17-9-4-10-17/h1-3,5-8,11-12,14,17,19-20H,4,9-10,13,15H2,(H,25,28)(H,26,27)/b21-12+/t19-,20-/m0/s1. The molecule has 5 nitrogen and oxygen atoms in total. The third-order valence-corrected chi connectivity index (χ3v) is 5.78. The fourth-order valence-corrected chi connectivity index (χ4v) is 3.84. The number of amides is 2. The fraction of sp³-hybridized carbons (Fsp3) is 0.348. The highest BCUT2D eigenvalue weighted by molar-refractivity contribution is 6.05. The number of pyridine rings is 1. The number of hydrogen-bond donors (Lipinski definition) is 2. The summed E-state index contributed by atoms with van der Waals surface area (Å²) in [4.78, 5) is 29.4. The van der Waals surface area contributed by atoms with Gasteiger partial charge in [0.05, 0.1) is 0 Å². The summed E-state index contributed by atoms with van der Waals surface area (Å²) >= 11 is 0. The fourth-order valence-electron chi connectivity index (χ4n) is 3.84. The van der Waals surface area contributed by atoms with E-state index in [1.165, 1.54) is 25.7 Å². The maximum absolute atomic E-state index is 12.8. The van der Waals surface area contributed by atoms with Crippen LogP contribution in [-0.4, -0.2) is 23.3 Å². The predicted octanol–water partition coefficient (Wildman–Crippen LogP) is 3.40. The number of carbonyl (C=O) groups is 2. The predicted molar refractivity (Wildman–Crippen MR) is 108 cm³/mol. The van der Waals surface area contributed by atoms with Gasteiger partial charge in [0.2, 0.25) is 0 Å². The topological polar surface area (TPSA) is 71.1 Å². The lowest BCUT2D eigenvalue weighted by molar-refractivity contribution is -0.117. The van der Waals surface area contributed by atoms with Crippen molar-refractivity contribution < 1.29 is 9.59 Å². The molecule has 2 atom stereocenters. The molecule has 5 heteroatoms. The van der Waals surface area contributed by atoms with Crippen molar-refractivity contribution in [2.75, 3.05) is 6.54 Å². The molecular formula is C23H25N3O2. The summed E-state index contributed by atoms with van der Waals surface area (Å²) in [7, 11) is 0. The van der Waals surface area contributed by atoms with E-state index in [0.717, 1.165) is 17.4 Å². The maximum atomic E-state index is 12.8. The van der Waals surface area contributed by atoms with Crippen LogP contribution in [0.15, 0.2) is 60.6 Å². The molecule has 1 aromatic heterocycles. The molecule has 1 heterocycles. The second-order valence-corrected chi connectivity index (χ2v) is 7.73. The lowest BCUT2D eigenvalue weighted by atomic mass is 9.81. The SMILES string of the molecule is O=C(NC[C@@H]1C[C@H]1C1CCC1)/C(=C\c1cccnc1)NC(=O)c1ccccc1. The van der Waals surface area contributed by atoms with Gasteiger partial charge in [-0.2, -0.15) is 0 Å². The quantitative estimate of drug-likeness (QED) is 0.729. The van der Waals surface area contributed by atoms with Gasteiger partial charge in [-0.25, -0.2) is 0 Å². The van der Waals surface area contributed by atoms with Crippen LogP contribution in [0.4, 0.5) is 0 Å². The van der Waals surface area contributed by atoms with Crippen LogP contribution in [0.3, 0.4) is 0 Å². The van der Waals surface area contributed by atoms with E-state index in [2.05, 4.69) is 15.6 Å². The zero-order valence-electron chi connectivity index (χ0n) is 15.8. The Morgan fingerprint density at radius 2 is 1.93 bits per heavy atom. The summed E-state index contributed by atoms with van der Waals surface area (Å²) in [6.07, 6.45) is 10.2. The first kappa shape index (κ1) is 18.4. The zero-order chi connectivity index (χ0) is 19.3. The third kappa shape index (κ3) is 4.47. The summed E-state index contributed by atoms with van der Waals surface area (Å²) < 4.78 is 0. The van der Waals surface area contributed by atoms with E-state index in [4.69, 9.17) is 0 Å². The number of rotatable bonds is 7. The summed E-state index contributed by atoms with van der Waals surface area (Å²) in [5, 5.41) is 5.78. The van der Waals surface area contributed by atoms with Crippen molar-refractivity contribution in [1.82, 2.24) is 15.6 Å². The van der Waals surface area contributed by atoms with E-state index >= 15 is 0 Å². The Labute approximate surface area is 165 Å². The van der Waals surface area contributed by atoms with Gasteiger partial charge in [-0.1, -0.05) is 43.5 Å². The van der Waals surface area contributed by atoms with Crippen molar-refractivity contribution >= 4 is 17.9 Å². The van der Waals surface area contributed by atoms with E-state index in [-0.39, 0.29) is 17.5 Å². The Bertz CT molecular complexity index is 860. The minimum absolute atomic E-state index is 0.239. The van der Waals surface area contributed by atoms with Gasteiger partial charge in [0.25, 0.3) is 11.8 Å². The number of aromatic nitrogens is 1. The minimum atomic E-state index is -0.301. The molecule has 0 spiro atoms. The highest BCUT2D eigenvalue weighted by Crippen LogP contribution is 2.51. The second-order valence-electron chi connectivity index (χ2n) is 7.73. The van der Waals surface area contributed by atoms with Crippen molar-refractivity contribution in [3.8, 4) is 0 Å². The average Bonchev–Trinajstić information content (AvgIpc) is 3.44. The number of benzene rings is 1. The molecule has 144 valence electrons. The van der Waals surface area contributed by atoms with Crippen LogP contribution in [0.5, 0.6) is 0 Å². The molecule has 0 aliphatic heterocycles. The molecule has 4 rings (SSSR count). The molecule has 2 aromatic rings. The first-order valence-corrected chi connectivity index (χ1v) is 9.97. The van der Waals surface area contributed by atoms with Crippen LogP contribution in [0.2, 0.25) is 0 Å². The number of hydrogen-bond acceptors (Lipinski definition) is 3. The van der Waals surface area contributed by atoms with Crippen LogP contribution >= 0.6 is 0 Å². The molecule has 0 saturated heterocycles. The zero-order valence-corrected chi connectivity index (χ0v) is 15.8. The highest BCUT2D eigenvalue weighted by atomic mass is 16.2. The summed E-state index contributed by atoms with van der Waals surface area (Å²) in [5.41, 5.74) is 1.52. The van der Waals surface area contributed by atoms with E-state index in [9.17, 15) is 9.59 Å². The van der Waals surface area contributed by atoms with Gasteiger partial charge in [0, 0.05) is 24.5 Å². The van der Waals surface area contributed by atoms with Crippen molar-refractivity contribution in [1.29, 1.82) is 0 Å². The molecule has 2 aliphatic rings. The van der Waals surface area contributed by atoms with Gasteiger partial charge in [0.15, 0.2) is 0 Å². The summed E-state index contributed by atoms with van der Waals surface area (Å²) in [6, 6.07) is 12.5. The van der Waals surface area contributed by atoms with Crippen LogP contribution in [0.25, 0.3) is 6.08 Å². The van der Waals surface area contributed by atoms with Crippen molar-refractivity contribution in [2.24, 2.45) is 17.8 Å². The molecule has 28 heavy (non-hydrogen) atoms. The molecular weight excluding hydrogens is 350 g/mol. The van der Waals surface area contributed by atoms with Gasteiger partial charge in [0.1, 0.15) is 5.70 Å². The molecule has 2 N–H and O–H groups in total. The Balaban J connectivity index is 1.42. The van der Waals surface area contributed by atoms with Gasteiger partial charge in [-0.15, -0.1) is 0 Å². The Hall–Kier alpha value is -2.95. The average molecular weight is 375 g/mol. The molecule has 0 radical (unpaired) electrons. The molecule has 2 fully saturated rings. The highest BCUT2D eigenvalue weighted by Gasteiger charge is 2.44. The van der Waals surface area contributed by atoms with E-state index in [1.807, 2.05) is 12.1 Å². The summed E-state index contributed by atoms with van der Waals surface area (Å²) in [6.45, 7) is 0.672.